The second-order valence-corrected chi connectivity index (χ2v) is 6.39. The minimum Gasteiger partial charge on any atom is -0.354 e. The lowest BCUT2D eigenvalue weighted by atomic mass is 10.1. The molecule has 0 bridgehead atoms. The Morgan fingerprint density at radius 2 is 2.27 bits per heavy atom. The van der Waals surface area contributed by atoms with Crippen LogP contribution in [-0.2, 0) is 6.54 Å². The lowest BCUT2D eigenvalue weighted by Gasteiger charge is -2.17. The molecule has 2 rings (SSSR count). The molecule has 1 aromatic rings. The largest absolute Gasteiger partial charge is 0.354 e. The normalized spacial score (nSPS) is 20.9. The molecule has 0 radical (unpaired) electrons. The minimum absolute atomic E-state index is 0. The summed E-state index contributed by atoms with van der Waals surface area (Å²) in [6.45, 7) is 0.674. The summed E-state index contributed by atoms with van der Waals surface area (Å²) in [6, 6.07) is 10.3. The molecule has 0 spiro atoms. The van der Waals surface area contributed by atoms with Gasteiger partial charge in [0.1, 0.15) is 0 Å². The minimum atomic E-state index is 0. The first kappa shape index (κ1) is 19.1. The van der Waals surface area contributed by atoms with E-state index in [0.717, 1.165) is 16.8 Å². The average molecular weight is 430 g/mol. The third kappa shape index (κ3) is 5.69. The maximum atomic E-state index is 8.92. The van der Waals surface area contributed by atoms with E-state index < -0.39 is 0 Å². The van der Waals surface area contributed by atoms with Gasteiger partial charge in [0.2, 0.25) is 0 Å². The third-order valence-electron chi connectivity index (χ3n) is 3.80. The van der Waals surface area contributed by atoms with Gasteiger partial charge in [-0.3, -0.25) is 4.99 Å². The van der Waals surface area contributed by atoms with Gasteiger partial charge in [-0.1, -0.05) is 12.1 Å². The van der Waals surface area contributed by atoms with Gasteiger partial charge in [0.05, 0.1) is 11.6 Å². The fraction of sp³-hybridized carbons (Fsp3) is 0.500. The highest BCUT2D eigenvalue weighted by molar-refractivity contribution is 14.0. The molecule has 0 saturated heterocycles. The van der Waals surface area contributed by atoms with Crippen molar-refractivity contribution >= 4 is 41.7 Å². The molecule has 0 aromatic heterocycles. The summed E-state index contributed by atoms with van der Waals surface area (Å²) in [5.74, 6) is 0.837. The highest BCUT2D eigenvalue weighted by Crippen LogP contribution is 2.27. The van der Waals surface area contributed by atoms with Crippen LogP contribution in [-0.4, -0.2) is 30.6 Å². The van der Waals surface area contributed by atoms with Crippen molar-refractivity contribution < 1.29 is 0 Å². The molecule has 2 N–H and O–H groups in total. The number of nitrogens with one attached hydrogen (secondary N) is 2. The predicted molar refractivity (Wildman–Crippen MR) is 105 cm³/mol. The van der Waals surface area contributed by atoms with Crippen LogP contribution in [0.5, 0.6) is 0 Å². The molecule has 1 saturated carbocycles. The van der Waals surface area contributed by atoms with E-state index in [-0.39, 0.29) is 24.0 Å². The fourth-order valence-corrected chi connectivity index (χ4v) is 3.41. The summed E-state index contributed by atoms with van der Waals surface area (Å²) in [6.07, 6.45) is 5.87. The van der Waals surface area contributed by atoms with Crippen molar-refractivity contribution in [2.75, 3.05) is 13.3 Å². The smallest absolute Gasteiger partial charge is 0.191 e. The molecular weight excluding hydrogens is 407 g/mol. The van der Waals surface area contributed by atoms with E-state index in [0.29, 0.717) is 18.2 Å². The third-order valence-corrected chi connectivity index (χ3v) is 4.89. The zero-order chi connectivity index (χ0) is 15.1. The maximum Gasteiger partial charge on any atom is 0.191 e. The van der Waals surface area contributed by atoms with Crippen molar-refractivity contribution in [1.29, 1.82) is 5.26 Å². The zero-order valence-corrected chi connectivity index (χ0v) is 16.2. The average Bonchev–Trinajstić information content (AvgIpc) is 2.99. The molecular formula is C16H23IN4S. The Kier molecular flexibility index (Phi) is 8.64. The summed E-state index contributed by atoms with van der Waals surface area (Å²) in [5, 5.41) is 16.5. The summed E-state index contributed by atoms with van der Waals surface area (Å²) in [4.78, 5) is 4.28. The summed E-state index contributed by atoms with van der Waals surface area (Å²) in [7, 11) is 1.79. The van der Waals surface area contributed by atoms with Crippen molar-refractivity contribution in [3.8, 4) is 6.07 Å². The van der Waals surface area contributed by atoms with Gasteiger partial charge in [0.15, 0.2) is 5.96 Å². The van der Waals surface area contributed by atoms with E-state index >= 15 is 0 Å². The summed E-state index contributed by atoms with van der Waals surface area (Å²) >= 11 is 1.95. The number of aliphatic imine (C=N–C) groups is 1. The standard InChI is InChI=1S/C16H22N4S.HI/c1-18-16(20-14-6-7-15(9-14)21-2)19-11-13-5-3-4-12(8-13)10-17;/h3-5,8,14-15H,6-7,9,11H2,1-2H3,(H2,18,19,20);1H. The van der Waals surface area contributed by atoms with Crippen LogP contribution in [0, 0.1) is 11.3 Å². The molecule has 22 heavy (non-hydrogen) atoms. The molecule has 1 fully saturated rings. The molecule has 2 unspecified atom stereocenters. The molecule has 1 aliphatic carbocycles. The number of nitriles is 1. The van der Waals surface area contributed by atoms with E-state index in [1.807, 2.05) is 36.0 Å². The van der Waals surface area contributed by atoms with E-state index in [1.54, 1.807) is 7.05 Å². The number of hydrogen-bond acceptors (Lipinski definition) is 3. The fourth-order valence-electron chi connectivity index (χ4n) is 2.61. The first-order valence-corrected chi connectivity index (χ1v) is 8.53. The van der Waals surface area contributed by atoms with Crippen molar-refractivity contribution in [3.63, 3.8) is 0 Å². The number of benzene rings is 1. The first-order chi connectivity index (χ1) is 10.2. The van der Waals surface area contributed by atoms with E-state index in [2.05, 4.69) is 28.0 Å². The van der Waals surface area contributed by atoms with Gasteiger partial charge < -0.3 is 10.6 Å². The van der Waals surface area contributed by atoms with Gasteiger partial charge >= 0.3 is 0 Å². The highest BCUT2D eigenvalue weighted by atomic mass is 127. The Bertz CT molecular complexity index is 541. The number of rotatable bonds is 4. The van der Waals surface area contributed by atoms with Crippen LogP contribution in [0.1, 0.15) is 30.4 Å². The van der Waals surface area contributed by atoms with Gasteiger partial charge in [-0.25, -0.2) is 0 Å². The molecule has 0 amide bonds. The van der Waals surface area contributed by atoms with Gasteiger partial charge in [-0.05, 0) is 43.2 Å². The van der Waals surface area contributed by atoms with Crippen molar-refractivity contribution in [3.05, 3.63) is 35.4 Å². The highest BCUT2D eigenvalue weighted by Gasteiger charge is 2.24. The lowest BCUT2D eigenvalue weighted by Crippen LogP contribution is -2.42. The molecule has 0 heterocycles. The quantitative estimate of drug-likeness (QED) is 0.438. The van der Waals surface area contributed by atoms with Crippen LogP contribution >= 0.6 is 35.7 Å². The van der Waals surface area contributed by atoms with Crippen molar-refractivity contribution in [2.45, 2.75) is 37.1 Å². The van der Waals surface area contributed by atoms with Crippen molar-refractivity contribution in [2.24, 2.45) is 4.99 Å². The van der Waals surface area contributed by atoms with E-state index in [1.165, 1.54) is 19.3 Å². The van der Waals surface area contributed by atoms with Gasteiger partial charge in [0, 0.05) is 24.9 Å². The topological polar surface area (TPSA) is 60.2 Å². The first-order valence-electron chi connectivity index (χ1n) is 7.24. The summed E-state index contributed by atoms with van der Waals surface area (Å²) < 4.78 is 0. The number of hydrogen-bond donors (Lipinski definition) is 2. The summed E-state index contributed by atoms with van der Waals surface area (Å²) in [5.41, 5.74) is 1.78. The molecule has 6 heteroatoms. The Balaban J connectivity index is 0.00000242. The number of thioether (sulfide) groups is 1. The van der Waals surface area contributed by atoms with Gasteiger partial charge in [0.25, 0.3) is 0 Å². The molecule has 120 valence electrons. The number of nitrogens with zero attached hydrogens (tertiary/aromatic N) is 2. The Morgan fingerprint density at radius 3 is 2.91 bits per heavy atom. The molecule has 0 aliphatic heterocycles. The number of halogens is 1. The monoisotopic (exact) mass is 430 g/mol. The van der Waals surface area contributed by atoms with Crippen LogP contribution in [0.4, 0.5) is 0 Å². The Hall–Kier alpha value is -0.940. The molecule has 2 atom stereocenters. The van der Waals surface area contributed by atoms with E-state index in [9.17, 15) is 0 Å². The van der Waals surface area contributed by atoms with E-state index in [4.69, 9.17) is 5.26 Å². The van der Waals surface area contributed by atoms with Crippen molar-refractivity contribution in [1.82, 2.24) is 10.6 Å². The second kappa shape index (κ2) is 9.95. The zero-order valence-electron chi connectivity index (χ0n) is 13.0. The molecule has 1 aliphatic rings. The molecule has 1 aromatic carbocycles. The number of guanidine groups is 1. The van der Waals surface area contributed by atoms with Crippen LogP contribution in [0.3, 0.4) is 0 Å². The Morgan fingerprint density at radius 1 is 1.45 bits per heavy atom. The maximum absolute atomic E-state index is 8.92. The Labute approximate surface area is 154 Å². The predicted octanol–water partition coefficient (Wildman–Crippen LogP) is 3.13. The van der Waals surface area contributed by atoms with Crippen LogP contribution in [0.2, 0.25) is 0 Å². The van der Waals surface area contributed by atoms with Crippen LogP contribution < -0.4 is 10.6 Å². The second-order valence-electron chi connectivity index (χ2n) is 5.25. The van der Waals surface area contributed by atoms with Crippen LogP contribution in [0.15, 0.2) is 29.3 Å². The van der Waals surface area contributed by atoms with Gasteiger partial charge in [-0.2, -0.15) is 17.0 Å². The SMILES string of the molecule is CN=C(NCc1cccc(C#N)c1)NC1CCC(SC)C1.I. The van der Waals surface area contributed by atoms with Crippen LogP contribution in [0.25, 0.3) is 0 Å². The molecule has 4 nitrogen and oxygen atoms in total. The lowest BCUT2D eigenvalue weighted by molar-refractivity contribution is 0.614. The van der Waals surface area contributed by atoms with Gasteiger partial charge in [-0.15, -0.1) is 24.0 Å².